The average Bonchev–Trinajstić information content (AvgIpc) is 3.43. The number of amides is 2. The van der Waals surface area contributed by atoms with Gasteiger partial charge in [-0.25, -0.2) is 0 Å². The number of benzene rings is 2. The summed E-state index contributed by atoms with van der Waals surface area (Å²) in [6.07, 6.45) is 10.2. The van der Waals surface area contributed by atoms with Gasteiger partial charge in [-0.15, -0.1) is 0 Å². The van der Waals surface area contributed by atoms with Crippen molar-refractivity contribution in [3.05, 3.63) is 72.8 Å². The van der Waals surface area contributed by atoms with Gasteiger partial charge in [0.2, 0.25) is 0 Å². The highest BCUT2D eigenvalue weighted by molar-refractivity contribution is 6.29. The summed E-state index contributed by atoms with van der Waals surface area (Å²) in [5, 5.41) is 11.2. The van der Waals surface area contributed by atoms with E-state index in [2.05, 4.69) is 10.2 Å². The number of allylic oxidation sites excluding steroid dienone is 2. The highest BCUT2D eigenvalue weighted by atomic mass is 16.2. The molecule has 4 rings (SSSR count). The Bertz CT molecular complexity index is 1320. The molecule has 2 aromatic carbocycles. The molecule has 2 unspecified atom stereocenters. The van der Waals surface area contributed by atoms with Crippen molar-refractivity contribution in [3.8, 4) is 0 Å². The molecule has 2 amide bonds. The summed E-state index contributed by atoms with van der Waals surface area (Å²) in [4.78, 5) is 50.9. The first-order valence-electron chi connectivity index (χ1n) is 14.0. The maximum atomic E-state index is 12.8. The smallest absolute Gasteiger partial charge is 0.264 e. The van der Waals surface area contributed by atoms with Crippen molar-refractivity contribution in [2.45, 2.75) is 65.2 Å². The van der Waals surface area contributed by atoms with E-state index in [1.54, 1.807) is 38.1 Å². The lowest BCUT2D eigenvalue weighted by Gasteiger charge is -2.13. The maximum Gasteiger partial charge on any atom is 0.264 e. The topological polar surface area (TPSA) is 99.5 Å². The number of rotatable bonds is 14. The summed E-state index contributed by atoms with van der Waals surface area (Å²) in [5.41, 5.74) is 2.39. The molecule has 2 aromatic rings. The molecule has 2 aliphatic heterocycles. The number of ketones is 2. The van der Waals surface area contributed by atoms with Gasteiger partial charge in [-0.2, -0.15) is 20.2 Å². The van der Waals surface area contributed by atoms with Gasteiger partial charge < -0.3 is 0 Å². The number of unbranched alkanes of at least 4 members (excludes halogenated alkanes) is 6. The average molecular weight is 541 g/mol. The van der Waals surface area contributed by atoms with Crippen LogP contribution in [0.5, 0.6) is 0 Å². The number of carbonyl (C=O) groups is 4. The molecule has 0 saturated carbocycles. The SMILES string of the molecule is CC1=NN(c2ccccc2)C(=O)C1C(=O)C=CCCCCCCCCC(=O)C1C(=O)N(c2ccccc2)N=C1C. The first-order chi connectivity index (χ1) is 19.4. The number of hydrogen-bond donors (Lipinski definition) is 0. The summed E-state index contributed by atoms with van der Waals surface area (Å²) >= 11 is 0. The molecule has 2 atom stereocenters. The number of hydrazone groups is 2. The quantitative estimate of drug-likeness (QED) is 0.170. The van der Waals surface area contributed by atoms with Gasteiger partial charge >= 0.3 is 0 Å². The number of nitrogens with zero attached hydrogens (tertiary/aromatic N) is 4. The van der Waals surface area contributed by atoms with E-state index < -0.39 is 11.8 Å². The Balaban J connectivity index is 1.08. The molecular formula is C32H36N4O4. The van der Waals surface area contributed by atoms with Crippen LogP contribution >= 0.6 is 0 Å². The summed E-state index contributed by atoms with van der Waals surface area (Å²) in [6, 6.07) is 18.3. The van der Waals surface area contributed by atoms with Crippen LogP contribution in [-0.4, -0.2) is 34.8 Å². The van der Waals surface area contributed by atoms with Gasteiger partial charge in [0.25, 0.3) is 11.8 Å². The third-order valence-electron chi connectivity index (χ3n) is 7.20. The highest BCUT2D eigenvalue weighted by Gasteiger charge is 2.39. The van der Waals surface area contributed by atoms with Crippen molar-refractivity contribution in [2.24, 2.45) is 22.0 Å². The lowest BCUT2D eigenvalue weighted by molar-refractivity contribution is -0.129. The van der Waals surface area contributed by atoms with Crippen LogP contribution in [0.4, 0.5) is 11.4 Å². The van der Waals surface area contributed by atoms with E-state index in [9.17, 15) is 19.2 Å². The van der Waals surface area contributed by atoms with E-state index >= 15 is 0 Å². The zero-order valence-corrected chi connectivity index (χ0v) is 23.2. The van der Waals surface area contributed by atoms with Crippen LogP contribution in [-0.2, 0) is 19.2 Å². The molecule has 2 aliphatic rings. The van der Waals surface area contributed by atoms with Gasteiger partial charge in [0.1, 0.15) is 11.8 Å². The maximum absolute atomic E-state index is 12.8. The summed E-state index contributed by atoms with van der Waals surface area (Å²) in [6.45, 7) is 3.45. The molecule has 0 saturated heterocycles. The van der Waals surface area contributed by atoms with Crippen molar-refractivity contribution in [3.63, 3.8) is 0 Å². The minimum absolute atomic E-state index is 0.0626. The molecule has 8 heteroatoms. The van der Waals surface area contributed by atoms with Crippen molar-refractivity contribution >= 4 is 46.2 Å². The van der Waals surface area contributed by atoms with E-state index in [-0.39, 0.29) is 23.4 Å². The standard InChI is InChI=1S/C32H36N4O4/c1-23-29(31(39)35(33-23)25-17-11-9-12-18-25)27(37)21-15-7-5-3-4-6-8-16-22-28(38)30-24(2)34-36(32(30)40)26-19-13-10-14-20-26/h9-15,17-21,29-30H,3-8,16,22H2,1-2H3. The molecule has 2 heterocycles. The predicted molar refractivity (Wildman–Crippen MR) is 157 cm³/mol. The van der Waals surface area contributed by atoms with Gasteiger partial charge in [0, 0.05) is 6.42 Å². The highest BCUT2D eigenvalue weighted by Crippen LogP contribution is 2.26. The predicted octanol–water partition coefficient (Wildman–Crippen LogP) is 5.88. The second-order valence-electron chi connectivity index (χ2n) is 10.3. The first kappa shape index (κ1) is 28.8. The number of carbonyl (C=O) groups excluding carboxylic acids is 4. The minimum Gasteiger partial charge on any atom is -0.298 e. The zero-order valence-electron chi connectivity index (χ0n) is 23.2. The van der Waals surface area contributed by atoms with Crippen LogP contribution in [0.1, 0.15) is 65.2 Å². The van der Waals surface area contributed by atoms with Gasteiger partial charge in [-0.3, -0.25) is 19.2 Å². The normalized spacial score (nSPS) is 18.9. The fourth-order valence-electron chi connectivity index (χ4n) is 5.05. The van der Waals surface area contributed by atoms with Crippen molar-refractivity contribution in [1.82, 2.24) is 0 Å². The third kappa shape index (κ3) is 6.86. The Morgan fingerprint density at radius 2 is 1.18 bits per heavy atom. The van der Waals surface area contributed by atoms with Crippen LogP contribution in [0.15, 0.2) is 83.0 Å². The van der Waals surface area contributed by atoms with E-state index in [4.69, 9.17) is 0 Å². The van der Waals surface area contributed by atoms with Crippen LogP contribution in [0.2, 0.25) is 0 Å². The van der Waals surface area contributed by atoms with Gasteiger partial charge in [-0.1, -0.05) is 68.2 Å². The Labute approximate surface area is 235 Å². The number of anilines is 2. The molecule has 0 aromatic heterocycles. The lowest BCUT2D eigenvalue weighted by Crippen LogP contribution is -2.32. The molecular weight excluding hydrogens is 504 g/mol. The van der Waals surface area contributed by atoms with Crippen LogP contribution in [0.25, 0.3) is 0 Å². The lowest BCUT2D eigenvalue weighted by atomic mass is 9.94. The summed E-state index contributed by atoms with van der Waals surface area (Å²) in [5.74, 6) is -2.51. The van der Waals surface area contributed by atoms with Crippen molar-refractivity contribution in [1.29, 1.82) is 0 Å². The number of Topliss-reactive ketones (excluding diaryl/α,β-unsaturated/α-hetero) is 1. The Morgan fingerprint density at radius 3 is 1.75 bits per heavy atom. The fraction of sp³-hybridized carbons (Fsp3) is 0.375. The molecule has 208 valence electrons. The van der Waals surface area contributed by atoms with Crippen LogP contribution < -0.4 is 10.0 Å². The molecule has 0 spiro atoms. The summed E-state index contributed by atoms with van der Waals surface area (Å²) in [7, 11) is 0. The molecule has 0 radical (unpaired) electrons. The summed E-state index contributed by atoms with van der Waals surface area (Å²) < 4.78 is 0. The molecule has 0 N–H and O–H groups in total. The number of para-hydroxylation sites is 2. The third-order valence-corrected chi connectivity index (χ3v) is 7.20. The van der Waals surface area contributed by atoms with Gasteiger partial charge in [-0.05, 0) is 63.5 Å². The second kappa shape index (κ2) is 13.7. The Morgan fingerprint density at radius 1 is 0.700 bits per heavy atom. The molecule has 0 aliphatic carbocycles. The van der Waals surface area contributed by atoms with Gasteiger partial charge in [0.15, 0.2) is 11.6 Å². The monoisotopic (exact) mass is 540 g/mol. The second-order valence-corrected chi connectivity index (χ2v) is 10.3. The van der Waals surface area contributed by atoms with E-state index in [0.29, 0.717) is 29.2 Å². The fourth-order valence-corrected chi connectivity index (χ4v) is 5.05. The molecule has 0 bridgehead atoms. The van der Waals surface area contributed by atoms with Crippen LogP contribution in [0, 0.1) is 11.8 Å². The number of hydrogen-bond acceptors (Lipinski definition) is 6. The molecule has 8 nitrogen and oxygen atoms in total. The largest absolute Gasteiger partial charge is 0.298 e. The zero-order chi connectivity index (χ0) is 28.5. The van der Waals surface area contributed by atoms with E-state index in [1.165, 1.54) is 16.1 Å². The molecule has 0 fully saturated rings. The Kier molecular flexibility index (Phi) is 9.89. The molecule has 40 heavy (non-hydrogen) atoms. The van der Waals surface area contributed by atoms with Crippen molar-refractivity contribution in [2.75, 3.05) is 10.0 Å². The van der Waals surface area contributed by atoms with Crippen LogP contribution in [0.3, 0.4) is 0 Å². The van der Waals surface area contributed by atoms with Gasteiger partial charge in [0.05, 0.1) is 22.8 Å². The van der Waals surface area contributed by atoms with E-state index in [0.717, 1.165) is 44.9 Å². The first-order valence-corrected chi connectivity index (χ1v) is 14.0. The van der Waals surface area contributed by atoms with E-state index in [1.807, 2.05) is 42.5 Å². The minimum atomic E-state index is -0.852. The Hall–Kier alpha value is -4.20. The van der Waals surface area contributed by atoms with Crippen molar-refractivity contribution < 1.29 is 19.2 Å².